The largest absolute Gasteiger partial charge is 0.530 e. The van der Waals surface area contributed by atoms with E-state index >= 15 is 0 Å². The lowest BCUT2D eigenvalue weighted by Gasteiger charge is -2.26. The average molecular weight is 556 g/mol. The molecule has 0 fully saturated rings. The maximum atomic E-state index is 11.8. The van der Waals surface area contributed by atoms with Crippen LogP contribution < -0.4 is 0 Å². The first kappa shape index (κ1) is 28.2. The van der Waals surface area contributed by atoms with E-state index in [1.165, 1.54) is 0 Å². The zero-order valence-electron chi connectivity index (χ0n) is 18.2. The van der Waals surface area contributed by atoms with Crippen LogP contribution in [0.25, 0.3) is 0 Å². The summed E-state index contributed by atoms with van der Waals surface area (Å²) < 4.78 is 29.8. The molecule has 19 heteroatoms. The Labute approximate surface area is 206 Å². The molecule has 206 valence electrons. The monoisotopic (exact) mass is 556 g/mol. The van der Waals surface area contributed by atoms with Gasteiger partial charge in [0.05, 0.1) is 19.8 Å². The molecule has 18 nitrogen and oxygen atoms in total. The highest BCUT2D eigenvalue weighted by atomic mass is 31.2. The van der Waals surface area contributed by atoms with Crippen molar-refractivity contribution < 1.29 is 88.1 Å². The maximum Gasteiger partial charge on any atom is 0.530 e. The molecule has 0 aliphatic carbocycles. The van der Waals surface area contributed by atoms with E-state index in [1.807, 2.05) is 0 Å². The highest BCUT2D eigenvalue weighted by Crippen LogP contribution is 2.52. The molecule has 0 saturated heterocycles. The Bertz CT molecular complexity index is 905. The molecule has 37 heavy (non-hydrogen) atoms. The zero-order chi connectivity index (χ0) is 27.6. The molecule has 0 aromatic heterocycles. The van der Waals surface area contributed by atoms with Gasteiger partial charge in [-0.2, -0.15) is 0 Å². The number of hydrogen-bond acceptors (Lipinski definition) is 18. The Morgan fingerprint density at radius 3 is 1.05 bits per heavy atom. The molecule has 0 amide bonds. The van der Waals surface area contributed by atoms with Gasteiger partial charge in [0.15, 0.2) is 18.3 Å². The topological polar surface area (TPSA) is 289 Å². The van der Waals surface area contributed by atoms with Crippen LogP contribution in [0.2, 0.25) is 0 Å². The highest BCUT2D eigenvalue weighted by Gasteiger charge is 2.49. The van der Waals surface area contributed by atoms with E-state index in [2.05, 4.69) is 14.2 Å². The molecule has 3 aliphatic rings. The fourth-order valence-corrected chi connectivity index (χ4v) is 4.17. The molecular weight excluding hydrogens is 535 g/mol. The van der Waals surface area contributed by atoms with Crippen LogP contribution in [-0.2, 0) is 42.2 Å². The molecule has 9 N–H and O–H groups in total. The first-order valence-corrected chi connectivity index (χ1v) is 11.2. The number of carbonyl (C=O) groups excluding carboxylic acids is 3. The van der Waals surface area contributed by atoms with Crippen molar-refractivity contribution in [1.29, 1.82) is 0 Å². The predicted octanol–water partition coefficient (Wildman–Crippen LogP) is -3.59. The number of ether oxygens (including phenoxy) is 3. The summed E-state index contributed by atoms with van der Waals surface area (Å²) >= 11 is 0. The number of aliphatic hydroxyl groups is 9. The van der Waals surface area contributed by atoms with Crippen molar-refractivity contribution in [2.45, 2.75) is 36.6 Å². The number of esters is 3. The van der Waals surface area contributed by atoms with Crippen LogP contribution in [-0.4, -0.2) is 120 Å². The molecule has 0 aromatic rings. The summed E-state index contributed by atoms with van der Waals surface area (Å²) in [5.74, 6) is -10.7. The first-order chi connectivity index (χ1) is 17.4. The van der Waals surface area contributed by atoms with Gasteiger partial charge in [0, 0.05) is 0 Å². The highest BCUT2D eigenvalue weighted by molar-refractivity contribution is 7.42. The van der Waals surface area contributed by atoms with Gasteiger partial charge in [0.1, 0.15) is 18.3 Å². The van der Waals surface area contributed by atoms with Crippen molar-refractivity contribution >= 4 is 26.5 Å². The van der Waals surface area contributed by atoms with E-state index in [0.29, 0.717) is 0 Å². The number of carbonyl (C=O) groups is 3. The summed E-state index contributed by atoms with van der Waals surface area (Å²) in [6.07, 6.45) is -11.1. The molecule has 0 unspecified atom stereocenters. The van der Waals surface area contributed by atoms with Crippen LogP contribution in [0.3, 0.4) is 0 Å². The summed E-state index contributed by atoms with van der Waals surface area (Å²) in [5.41, 5.74) is 0. The molecule has 6 atom stereocenters. The van der Waals surface area contributed by atoms with Crippen LogP contribution >= 0.6 is 8.60 Å². The van der Waals surface area contributed by atoms with Crippen molar-refractivity contribution in [2.24, 2.45) is 0 Å². The second-order valence-electron chi connectivity index (χ2n) is 7.36. The van der Waals surface area contributed by atoms with Crippen molar-refractivity contribution in [3.05, 3.63) is 34.6 Å². The Kier molecular flexibility index (Phi) is 8.64. The van der Waals surface area contributed by atoms with Crippen molar-refractivity contribution in [2.75, 3.05) is 19.8 Å². The quantitative estimate of drug-likeness (QED) is 0.0637. The van der Waals surface area contributed by atoms with Crippen LogP contribution in [0.1, 0.15) is 0 Å². The van der Waals surface area contributed by atoms with Gasteiger partial charge in [0.2, 0.25) is 34.6 Å². The van der Waals surface area contributed by atoms with Gasteiger partial charge < -0.3 is 73.7 Å². The molecule has 3 aliphatic heterocycles. The van der Waals surface area contributed by atoms with Crippen LogP contribution in [0.5, 0.6) is 0 Å². The van der Waals surface area contributed by atoms with E-state index < -0.39 is 118 Å². The predicted molar refractivity (Wildman–Crippen MR) is 108 cm³/mol. The molecule has 3 rings (SSSR count). The zero-order valence-corrected chi connectivity index (χ0v) is 19.1. The van der Waals surface area contributed by atoms with Crippen LogP contribution in [0, 0.1) is 0 Å². The van der Waals surface area contributed by atoms with Gasteiger partial charge in [-0.3, -0.25) is 0 Å². The van der Waals surface area contributed by atoms with E-state index in [9.17, 15) is 60.3 Å². The normalized spacial score (nSPS) is 26.4. The lowest BCUT2D eigenvalue weighted by molar-refractivity contribution is -0.148. The van der Waals surface area contributed by atoms with Gasteiger partial charge in [-0.15, -0.1) is 0 Å². The minimum absolute atomic E-state index is 0.910. The van der Waals surface area contributed by atoms with E-state index in [-0.39, 0.29) is 0 Å². The van der Waals surface area contributed by atoms with Gasteiger partial charge in [-0.05, 0) is 0 Å². The van der Waals surface area contributed by atoms with Crippen LogP contribution in [0.15, 0.2) is 34.6 Å². The molecule has 0 saturated carbocycles. The smallest absolute Gasteiger partial charge is 0.499 e. The van der Waals surface area contributed by atoms with Crippen molar-refractivity contribution in [1.82, 2.24) is 0 Å². The Balaban J connectivity index is 2.02. The standard InChI is InChI=1S/C18H21O18P/c19-1-4(22)10-13(7(25)16(28)31-10)34-37(35-14-8(26)17(29)32-11(14)5(23)2-20)36-15-9(27)18(30)33-12(15)6(24)3-21/h4-6,10-12,19-27H,1-3H2/t4-,5-,6-,10+,11+,12+/m0/s1. The van der Waals surface area contributed by atoms with Crippen LogP contribution in [0.4, 0.5) is 0 Å². The maximum absolute atomic E-state index is 11.8. The third kappa shape index (κ3) is 5.49. The minimum Gasteiger partial charge on any atom is -0.499 e. The summed E-state index contributed by atoms with van der Waals surface area (Å²) in [6, 6.07) is 0. The number of rotatable bonds is 12. The molecule has 3 heterocycles. The van der Waals surface area contributed by atoms with Crippen molar-refractivity contribution in [3.63, 3.8) is 0 Å². The fourth-order valence-electron chi connectivity index (χ4n) is 3.01. The number of aliphatic hydroxyl groups excluding tert-OH is 9. The second kappa shape index (κ2) is 11.3. The summed E-state index contributed by atoms with van der Waals surface area (Å²) in [7, 11) is -3.33. The van der Waals surface area contributed by atoms with Gasteiger partial charge in [0.25, 0.3) is 0 Å². The molecular formula is C18H21O18P. The summed E-state index contributed by atoms with van der Waals surface area (Å²) in [6.45, 7) is -3.01. The van der Waals surface area contributed by atoms with Gasteiger partial charge >= 0.3 is 26.5 Å². The van der Waals surface area contributed by atoms with E-state index in [4.69, 9.17) is 13.6 Å². The molecule has 0 radical (unpaired) electrons. The Morgan fingerprint density at radius 2 is 0.838 bits per heavy atom. The lowest BCUT2D eigenvalue weighted by atomic mass is 10.2. The Morgan fingerprint density at radius 1 is 0.595 bits per heavy atom. The first-order valence-electron chi connectivity index (χ1n) is 10.1. The van der Waals surface area contributed by atoms with Crippen molar-refractivity contribution in [3.8, 4) is 0 Å². The molecule has 0 bridgehead atoms. The molecule has 0 aromatic carbocycles. The average Bonchev–Trinajstić information content (AvgIpc) is 3.44. The lowest BCUT2D eigenvalue weighted by Crippen LogP contribution is -2.33. The van der Waals surface area contributed by atoms with Gasteiger partial charge in [-0.25, -0.2) is 14.4 Å². The fraction of sp³-hybridized carbons (Fsp3) is 0.500. The number of hydrogen-bond donors (Lipinski definition) is 9. The third-order valence-corrected chi connectivity index (χ3v) is 5.92. The Hall–Kier alpha value is -3.38. The summed E-state index contributed by atoms with van der Waals surface area (Å²) in [5, 5.41) is 87.5. The minimum atomic E-state index is -3.33. The summed E-state index contributed by atoms with van der Waals surface area (Å²) in [4.78, 5) is 35.4. The SMILES string of the molecule is O=C1O[C@H]([C@@H](O)CO)C(OP(OC2=C(O)C(=O)O[C@@H]2[C@@H](O)CO)OC2=C(O)C(=O)O[C@@H]2[C@@H](O)CO)=C1O. The second-order valence-corrected chi connectivity index (χ2v) is 8.36. The number of cyclic esters (lactones) is 3. The third-order valence-electron chi connectivity index (χ3n) is 4.89. The van der Waals surface area contributed by atoms with E-state index in [1.54, 1.807) is 0 Å². The molecule has 0 spiro atoms. The van der Waals surface area contributed by atoms with Gasteiger partial charge in [-0.1, -0.05) is 0 Å². The van der Waals surface area contributed by atoms with E-state index in [0.717, 1.165) is 0 Å².